The Hall–Kier alpha value is -3.56. The van der Waals surface area contributed by atoms with E-state index in [9.17, 15) is 18.0 Å². The fourth-order valence-corrected chi connectivity index (χ4v) is 5.47. The van der Waals surface area contributed by atoms with Gasteiger partial charge in [-0.05, 0) is 55.0 Å². The number of imidazole rings is 1. The molecule has 0 spiro atoms. The highest BCUT2D eigenvalue weighted by Crippen LogP contribution is 2.31. The quantitative estimate of drug-likeness (QED) is 0.439. The van der Waals surface area contributed by atoms with Gasteiger partial charge in [-0.15, -0.1) is 0 Å². The third kappa shape index (κ3) is 4.20. The summed E-state index contributed by atoms with van der Waals surface area (Å²) in [5.74, 6) is -0.542. The molecule has 0 unspecified atom stereocenters. The number of nitrogens with zero attached hydrogens (tertiary/aromatic N) is 3. The summed E-state index contributed by atoms with van der Waals surface area (Å²) >= 11 is 6.25. The molecular weight excluding hydrogens is 476 g/mol. The van der Waals surface area contributed by atoms with Crippen molar-refractivity contribution in [2.45, 2.75) is 11.8 Å². The lowest BCUT2D eigenvalue weighted by Gasteiger charge is -2.26. The molecule has 0 saturated heterocycles. The van der Waals surface area contributed by atoms with Crippen LogP contribution in [-0.4, -0.2) is 30.0 Å². The van der Waals surface area contributed by atoms with Gasteiger partial charge < -0.3 is 5.32 Å². The van der Waals surface area contributed by atoms with E-state index in [-0.39, 0.29) is 10.6 Å². The summed E-state index contributed by atoms with van der Waals surface area (Å²) in [7, 11) is -0.745. The molecule has 4 aromatic rings. The van der Waals surface area contributed by atoms with E-state index in [1.54, 1.807) is 75.6 Å². The van der Waals surface area contributed by atoms with Gasteiger partial charge in [0.2, 0.25) is 5.91 Å². The molecular formula is C24H23ClN4O4S. The van der Waals surface area contributed by atoms with Crippen LogP contribution < -0.4 is 15.3 Å². The van der Waals surface area contributed by atoms with Gasteiger partial charge in [0.25, 0.3) is 10.0 Å². The summed E-state index contributed by atoms with van der Waals surface area (Å²) in [5.41, 5.74) is 2.47. The van der Waals surface area contributed by atoms with Crippen LogP contribution in [0.5, 0.6) is 0 Å². The predicted molar refractivity (Wildman–Crippen MR) is 134 cm³/mol. The zero-order chi connectivity index (χ0) is 24.6. The number of nitrogens with one attached hydrogen (secondary N) is 1. The molecule has 34 heavy (non-hydrogen) atoms. The lowest BCUT2D eigenvalue weighted by molar-refractivity contribution is -0.114. The standard InChI is InChI=1S/C24H23ClN4O4S/c1-16-19(25)10-7-11-20(16)29(34(32,33)18-8-5-4-6-9-18)15-23(30)26-17-12-13-21-22(14-17)28(3)24(31)27(21)2/h4-14H,15H2,1-3H3,(H,26,30). The fourth-order valence-electron chi connectivity index (χ4n) is 3.80. The van der Waals surface area contributed by atoms with Gasteiger partial charge in [0.05, 0.1) is 21.6 Å². The van der Waals surface area contributed by atoms with Crippen LogP contribution in [0.15, 0.2) is 76.4 Å². The maximum atomic E-state index is 13.5. The van der Waals surface area contributed by atoms with Gasteiger partial charge in [-0.25, -0.2) is 13.2 Å². The van der Waals surface area contributed by atoms with Crippen molar-refractivity contribution in [3.8, 4) is 0 Å². The summed E-state index contributed by atoms with van der Waals surface area (Å²) < 4.78 is 31.1. The van der Waals surface area contributed by atoms with E-state index in [4.69, 9.17) is 11.6 Å². The molecule has 0 saturated carbocycles. The average Bonchev–Trinajstić information content (AvgIpc) is 3.03. The van der Waals surface area contributed by atoms with Crippen molar-refractivity contribution in [1.82, 2.24) is 9.13 Å². The Balaban J connectivity index is 1.70. The number of hydrogen-bond acceptors (Lipinski definition) is 4. The van der Waals surface area contributed by atoms with Gasteiger partial charge in [0, 0.05) is 24.8 Å². The van der Waals surface area contributed by atoms with Crippen LogP contribution in [-0.2, 0) is 28.9 Å². The average molecular weight is 499 g/mol. The number of hydrogen-bond donors (Lipinski definition) is 1. The Kier molecular flexibility index (Phi) is 6.24. The summed E-state index contributed by atoms with van der Waals surface area (Å²) in [5, 5.41) is 3.14. The number of fused-ring (bicyclic) bond motifs is 1. The molecule has 3 aromatic carbocycles. The minimum atomic E-state index is -4.06. The second kappa shape index (κ2) is 9.00. The first-order chi connectivity index (χ1) is 16.1. The van der Waals surface area contributed by atoms with Crippen molar-refractivity contribution in [3.63, 3.8) is 0 Å². The van der Waals surface area contributed by atoms with Gasteiger partial charge in [0.15, 0.2) is 0 Å². The number of anilines is 2. The topological polar surface area (TPSA) is 93.4 Å². The molecule has 4 rings (SSSR count). The van der Waals surface area contributed by atoms with Gasteiger partial charge in [0.1, 0.15) is 6.54 Å². The van der Waals surface area contributed by atoms with Crippen LogP contribution in [0.2, 0.25) is 5.02 Å². The molecule has 0 fully saturated rings. The number of sulfonamides is 1. The molecule has 0 radical (unpaired) electrons. The summed E-state index contributed by atoms with van der Waals surface area (Å²) in [6.45, 7) is 1.23. The smallest absolute Gasteiger partial charge is 0.324 e. The van der Waals surface area contributed by atoms with Crippen LogP contribution in [0.25, 0.3) is 11.0 Å². The minimum Gasteiger partial charge on any atom is -0.324 e. The Morgan fingerprint density at radius 3 is 2.35 bits per heavy atom. The van der Waals surface area contributed by atoms with E-state index >= 15 is 0 Å². The maximum Gasteiger partial charge on any atom is 0.328 e. The van der Waals surface area contributed by atoms with Crippen LogP contribution in [0.3, 0.4) is 0 Å². The number of rotatable bonds is 6. The highest BCUT2D eigenvalue weighted by atomic mass is 35.5. The van der Waals surface area contributed by atoms with E-state index in [0.29, 0.717) is 33.0 Å². The van der Waals surface area contributed by atoms with Crippen molar-refractivity contribution in [3.05, 3.63) is 87.8 Å². The molecule has 0 aliphatic rings. The summed E-state index contributed by atoms with van der Waals surface area (Å²) in [6.07, 6.45) is 0. The Labute approximate surface area is 202 Å². The van der Waals surface area contributed by atoms with Crippen molar-refractivity contribution >= 4 is 49.9 Å². The molecule has 0 atom stereocenters. The first-order valence-electron chi connectivity index (χ1n) is 10.4. The molecule has 1 aromatic heterocycles. The van der Waals surface area contributed by atoms with E-state index in [1.807, 2.05) is 0 Å². The molecule has 1 heterocycles. The van der Waals surface area contributed by atoms with E-state index in [2.05, 4.69) is 5.32 Å². The van der Waals surface area contributed by atoms with Gasteiger partial charge in [-0.1, -0.05) is 35.9 Å². The Morgan fingerprint density at radius 1 is 0.971 bits per heavy atom. The Morgan fingerprint density at radius 2 is 1.65 bits per heavy atom. The van der Waals surface area contributed by atoms with Crippen LogP contribution in [0, 0.1) is 6.92 Å². The van der Waals surface area contributed by atoms with Gasteiger partial charge in [-0.2, -0.15) is 0 Å². The lowest BCUT2D eigenvalue weighted by atomic mass is 10.2. The summed E-state index contributed by atoms with van der Waals surface area (Å²) in [4.78, 5) is 25.3. The molecule has 8 nitrogen and oxygen atoms in total. The van der Waals surface area contributed by atoms with E-state index in [1.165, 1.54) is 21.3 Å². The second-order valence-corrected chi connectivity index (χ2v) is 10.1. The fraction of sp³-hybridized carbons (Fsp3) is 0.167. The van der Waals surface area contributed by atoms with E-state index in [0.717, 1.165) is 4.31 Å². The maximum absolute atomic E-state index is 13.5. The van der Waals surface area contributed by atoms with Crippen LogP contribution in [0.4, 0.5) is 11.4 Å². The first kappa shape index (κ1) is 23.6. The molecule has 10 heteroatoms. The van der Waals surface area contributed by atoms with Gasteiger partial charge in [-0.3, -0.25) is 18.2 Å². The Bertz CT molecular complexity index is 1560. The lowest BCUT2D eigenvalue weighted by Crippen LogP contribution is -2.38. The molecule has 1 amide bonds. The van der Waals surface area contributed by atoms with Crippen LogP contribution in [0.1, 0.15) is 5.56 Å². The zero-order valence-corrected chi connectivity index (χ0v) is 20.4. The molecule has 0 aliphatic heterocycles. The number of carbonyl (C=O) groups excluding carboxylic acids is 1. The highest BCUT2D eigenvalue weighted by molar-refractivity contribution is 7.92. The molecule has 0 aliphatic carbocycles. The SMILES string of the molecule is Cc1c(Cl)cccc1N(CC(=O)Nc1ccc2c(c1)n(C)c(=O)n2C)S(=O)(=O)c1ccccc1. The molecule has 176 valence electrons. The molecule has 1 N–H and O–H groups in total. The number of benzene rings is 3. The second-order valence-electron chi connectivity index (χ2n) is 7.86. The largest absolute Gasteiger partial charge is 0.328 e. The number of amides is 1. The summed E-state index contributed by atoms with van der Waals surface area (Å²) in [6, 6.07) is 17.9. The van der Waals surface area contributed by atoms with Crippen molar-refractivity contribution in [2.75, 3.05) is 16.2 Å². The van der Waals surface area contributed by atoms with Crippen molar-refractivity contribution < 1.29 is 13.2 Å². The predicted octanol–water partition coefficient (Wildman–Crippen LogP) is 3.67. The van der Waals surface area contributed by atoms with Crippen molar-refractivity contribution in [2.24, 2.45) is 14.1 Å². The zero-order valence-electron chi connectivity index (χ0n) is 18.8. The molecule has 0 bridgehead atoms. The minimum absolute atomic E-state index is 0.0582. The highest BCUT2D eigenvalue weighted by Gasteiger charge is 2.28. The number of carbonyl (C=O) groups is 1. The first-order valence-corrected chi connectivity index (χ1v) is 12.2. The number of halogens is 1. The van der Waals surface area contributed by atoms with Crippen molar-refractivity contribution in [1.29, 1.82) is 0 Å². The monoisotopic (exact) mass is 498 g/mol. The van der Waals surface area contributed by atoms with E-state index < -0.39 is 22.5 Å². The normalized spacial score (nSPS) is 11.5. The third-order valence-corrected chi connectivity index (χ3v) is 7.87. The number of aryl methyl sites for hydroxylation is 2. The third-order valence-electron chi connectivity index (χ3n) is 5.68. The number of aromatic nitrogens is 2. The van der Waals surface area contributed by atoms with Gasteiger partial charge >= 0.3 is 5.69 Å². The van der Waals surface area contributed by atoms with Crippen LogP contribution >= 0.6 is 11.6 Å².